The van der Waals surface area contributed by atoms with E-state index in [1.54, 1.807) is 6.08 Å². The van der Waals surface area contributed by atoms with Crippen molar-refractivity contribution in [2.75, 3.05) is 13.2 Å². The van der Waals surface area contributed by atoms with Gasteiger partial charge in [0.2, 0.25) is 0 Å². The number of fused-ring (bicyclic) bond motifs is 1. The van der Waals surface area contributed by atoms with E-state index in [0.29, 0.717) is 6.61 Å². The largest absolute Gasteiger partial charge is 0.462 e. The van der Waals surface area contributed by atoms with Crippen LogP contribution >= 0.6 is 0 Å². The van der Waals surface area contributed by atoms with Gasteiger partial charge in [-0.1, -0.05) is 54.6 Å². The summed E-state index contributed by atoms with van der Waals surface area (Å²) in [6.07, 6.45) is 3.96. The Hall–Kier alpha value is -2.88. The van der Waals surface area contributed by atoms with E-state index in [0.717, 1.165) is 30.9 Å². The van der Waals surface area contributed by atoms with Crippen LogP contribution in [0.1, 0.15) is 23.1 Å². The van der Waals surface area contributed by atoms with Crippen molar-refractivity contribution >= 4 is 17.9 Å². The maximum atomic E-state index is 11.6. The molecule has 4 heteroatoms. The van der Waals surface area contributed by atoms with Gasteiger partial charge in [0, 0.05) is 18.2 Å². The number of hydrogen-bond donors (Lipinski definition) is 1. The summed E-state index contributed by atoms with van der Waals surface area (Å²) in [5.41, 5.74) is 3.40. The van der Waals surface area contributed by atoms with Crippen LogP contribution in [-0.2, 0) is 16.1 Å². The third-order valence-electron chi connectivity index (χ3n) is 3.75. The molecule has 0 saturated heterocycles. The van der Waals surface area contributed by atoms with Crippen molar-refractivity contribution in [1.82, 2.24) is 5.32 Å². The Morgan fingerprint density at radius 2 is 1.92 bits per heavy atom. The van der Waals surface area contributed by atoms with Gasteiger partial charge in [-0.2, -0.15) is 0 Å². The number of hydrogen-bond acceptors (Lipinski definition) is 4. The highest BCUT2D eigenvalue weighted by atomic mass is 16.5. The van der Waals surface area contributed by atoms with Crippen molar-refractivity contribution in [3.63, 3.8) is 0 Å². The Morgan fingerprint density at radius 3 is 2.79 bits per heavy atom. The molecule has 0 amide bonds. The zero-order valence-corrected chi connectivity index (χ0v) is 13.4. The Kier molecular flexibility index (Phi) is 5.40. The standard InChI is InChI=1S/C20H20N2O2/c23-19(12-11-16-7-2-1-3-8-16)24-14-6-13-21-20-18-10-5-4-9-17(18)15-22-20/h1-5,7-12H,6,13-15H2,(H,21,22)/b12-11+. The van der Waals surface area contributed by atoms with Gasteiger partial charge in [0.1, 0.15) is 5.84 Å². The molecule has 1 N–H and O–H groups in total. The maximum absolute atomic E-state index is 11.6. The van der Waals surface area contributed by atoms with Gasteiger partial charge < -0.3 is 10.1 Å². The van der Waals surface area contributed by atoms with Crippen molar-refractivity contribution < 1.29 is 9.53 Å². The van der Waals surface area contributed by atoms with Crippen molar-refractivity contribution in [2.24, 2.45) is 4.99 Å². The molecular weight excluding hydrogens is 300 g/mol. The lowest BCUT2D eigenvalue weighted by molar-refractivity contribution is -0.137. The first-order valence-electron chi connectivity index (χ1n) is 8.09. The highest BCUT2D eigenvalue weighted by Gasteiger charge is 2.13. The summed E-state index contributed by atoms with van der Waals surface area (Å²) in [5.74, 6) is 0.614. The summed E-state index contributed by atoms with van der Waals surface area (Å²) in [5, 5.41) is 3.31. The van der Waals surface area contributed by atoms with Crippen LogP contribution in [0.25, 0.3) is 6.08 Å². The van der Waals surface area contributed by atoms with Gasteiger partial charge in [-0.05, 0) is 23.6 Å². The predicted molar refractivity (Wildman–Crippen MR) is 95.7 cm³/mol. The summed E-state index contributed by atoms with van der Waals surface area (Å²) in [4.78, 5) is 16.1. The van der Waals surface area contributed by atoms with E-state index in [1.807, 2.05) is 42.5 Å². The van der Waals surface area contributed by atoms with Crippen LogP contribution in [0.4, 0.5) is 0 Å². The van der Waals surface area contributed by atoms with Gasteiger partial charge in [0.25, 0.3) is 0 Å². The Morgan fingerprint density at radius 1 is 1.12 bits per heavy atom. The average Bonchev–Trinajstić information content (AvgIpc) is 3.04. The molecule has 0 aliphatic carbocycles. The summed E-state index contributed by atoms with van der Waals surface area (Å²) in [7, 11) is 0. The van der Waals surface area contributed by atoms with E-state index >= 15 is 0 Å². The molecule has 0 atom stereocenters. The monoisotopic (exact) mass is 320 g/mol. The molecule has 0 aromatic heterocycles. The van der Waals surface area contributed by atoms with Gasteiger partial charge >= 0.3 is 5.97 Å². The fourth-order valence-electron chi connectivity index (χ4n) is 2.52. The second-order valence-corrected chi connectivity index (χ2v) is 5.51. The molecule has 1 heterocycles. The summed E-state index contributed by atoms with van der Waals surface area (Å²) in [6.45, 7) is 1.85. The van der Waals surface area contributed by atoms with E-state index in [4.69, 9.17) is 4.74 Å². The molecule has 0 bridgehead atoms. The second kappa shape index (κ2) is 8.11. The zero-order valence-electron chi connectivity index (χ0n) is 13.4. The van der Waals surface area contributed by atoms with Gasteiger partial charge in [-0.3, -0.25) is 4.99 Å². The highest BCUT2D eigenvalue weighted by Crippen LogP contribution is 2.16. The quantitative estimate of drug-likeness (QED) is 0.505. The van der Waals surface area contributed by atoms with Crippen molar-refractivity contribution in [2.45, 2.75) is 13.0 Å². The number of aliphatic imine (C=N–C) groups is 1. The minimum atomic E-state index is -0.317. The van der Waals surface area contributed by atoms with E-state index in [-0.39, 0.29) is 5.97 Å². The number of benzene rings is 2. The number of nitrogens with one attached hydrogen (secondary N) is 1. The van der Waals surface area contributed by atoms with Gasteiger partial charge in [-0.15, -0.1) is 0 Å². The molecule has 2 aromatic carbocycles. The Labute approximate surface area is 141 Å². The topological polar surface area (TPSA) is 50.7 Å². The van der Waals surface area contributed by atoms with Crippen LogP contribution < -0.4 is 5.32 Å². The maximum Gasteiger partial charge on any atom is 0.330 e. The van der Waals surface area contributed by atoms with Crippen LogP contribution in [0.2, 0.25) is 0 Å². The van der Waals surface area contributed by atoms with Crippen molar-refractivity contribution in [1.29, 1.82) is 0 Å². The third kappa shape index (κ3) is 4.32. The fourth-order valence-corrected chi connectivity index (χ4v) is 2.52. The number of amidine groups is 1. The molecule has 2 aromatic rings. The normalized spacial score (nSPS) is 12.8. The zero-order chi connectivity index (χ0) is 16.6. The van der Waals surface area contributed by atoms with E-state index in [1.165, 1.54) is 17.2 Å². The summed E-state index contributed by atoms with van der Waals surface area (Å²) < 4.78 is 5.19. The molecule has 1 aliphatic rings. The first-order valence-corrected chi connectivity index (χ1v) is 8.09. The lowest BCUT2D eigenvalue weighted by atomic mass is 10.1. The number of carbonyl (C=O) groups excluding carboxylic acids is 1. The lowest BCUT2D eigenvalue weighted by Gasteiger charge is -2.07. The first-order chi connectivity index (χ1) is 11.8. The van der Waals surface area contributed by atoms with Crippen molar-refractivity contribution in [3.05, 3.63) is 77.4 Å². The molecular formula is C20H20N2O2. The highest BCUT2D eigenvalue weighted by molar-refractivity contribution is 6.01. The molecule has 4 nitrogen and oxygen atoms in total. The molecule has 0 saturated carbocycles. The number of carbonyl (C=O) groups is 1. The van der Waals surface area contributed by atoms with Gasteiger partial charge in [0.15, 0.2) is 0 Å². The van der Waals surface area contributed by atoms with E-state index in [9.17, 15) is 4.79 Å². The minimum Gasteiger partial charge on any atom is -0.462 e. The lowest BCUT2D eigenvalue weighted by Crippen LogP contribution is -2.25. The molecule has 0 unspecified atom stereocenters. The predicted octanol–water partition coefficient (Wildman–Crippen LogP) is 3.18. The Bertz CT molecular complexity index is 751. The molecule has 1 aliphatic heterocycles. The van der Waals surface area contributed by atoms with Gasteiger partial charge in [0.05, 0.1) is 13.2 Å². The van der Waals surface area contributed by atoms with Gasteiger partial charge in [-0.25, -0.2) is 4.79 Å². The Balaban J connectivity index is 1.35. The van der Waals surface area contributed by atoms with E-state index in [2.05, 4.69) is 22.4 Å². The smallest absolute Gasteiger partial charge is 0.330 e. The van der Waals surface area contributed by atoms with Crippen LogP contribution in [0.5, 0.6) is 0 Å². The molecule has 122 valence electrons. The molecule has 3 rings (SSSR count). The summed E-state index contributed by atoms with van der Waals surface area (Å²) in [6, 6.07) is 17.9. The van der Waals surface area contributed by atoms with Crippen LogP contribution in [0.15, 0.2) is 65.7 Å². The second-order valence-electron chi connectivity index (χ2n) is 5.51. The average molecular weight is 320 g/mol. The molecule has 0 fully saturated rings. The number of rotatable bonds is 6. The first kappa shape index (κ1) is 16.0. The number of esters is 1. The summed E-state index contributed by atoms with van der Waals surface area (Å²) >= 11 is 0. The number of ether oxygens (including phenoxy) is 1. The van der Waals surface area contributed by atoms with Crippen LogP contribution in [-0.4, -0.2) is 25.0 Å². The number of nitrogens with zero attached hydrogens (tertiary/aromatic N) is 1. The molecule has 0 spiro atoms. The molecule has 24 heavy (non-hydrogen) atoms. The minimum absolute atomic E-state index is 0.317. The van der Waals surface area contributed by atoms with Crippen molar-refractivity contribution in [3.8, 4) is 0 Å². The van der Waals surface area contributed by atoms with Crippen LogP contribution in [0.3, 0.4) is 0 Å². The van der Waals surface area contributed by atoms with Crippen LogP contribution in [0, 0.1) is 0 Å². The fraction of sp³-hybridized carbons (Fsp3) is 0.200. The SMILES string of the molecule is O=C(/C=C/c1ccccc1)OCCCNC1=NCc2ccccc21. The van der Waals surface area contributed by atoms with E-state index < -0.39 is 0 Å². The third-order valence-corrected chi connectivity index (χ3v) is 3.75. The molecule has 0 radical (unpaired) electrons.